The molecule has 0 aliphatic heterocycles. The Morgan fingerprint density at radius 1 is 1.31 bits per heavy atom. The van der Waals surface area contributed by atoms with Gasteiger partial charge in [-0.3, -0.25) is 4.79 Å². The maximum absolute atomic E-state index is 11.9. The van der Waals surface area contributed by atoms with Gasteiger partial charge in [0, 0.05) is 6.54 Å². The maximum atomic E-state index is 11.9. The van der Waals surface area contributed by atoms with Gasteiger partial charge in [0.1, 0.15) is 6.54 Å². The van der Waals surface area contributed by atoms with E-state index in [0.717, 1.165) is 0 Å². The molecule has 0 aromatic heterocycles. The molecule has 0 aromatic carbocycles. The predicted octanol–water partition coefficient (Wildman–Crippen LogP) is 1.000. The van der Waals surface area contributed by atoms with Crippen LogP contribution in [0.3, 0.4) is 0 Å². The topological polar surface area (TPSA) is 63.7 Å². The lowest BCUT2D eigenvalue weighted by atomic mass is 10.5. The van der Waals surface area contributed by atoms with E-state index in [1.807, 2.05) is 6.92 Å². The highest BCUT2D eigenvalue weighted by atomic mass is 32.2. The predicted molar refractivity (Wildman–Crippen MR) is 62.6 cm³/mol. The second kappa shape index (κ2) is 6.85. The average molecular weight is 251 g/mol. The molecule has 0 atom stereocenters. The third-order valence-electron chi connectivity index (χ3n) is 2.04. The number of rotatable bonds is 7. The molecule has 0 heterocycles. The summed E-state index contributed by atoms with van der Waals surface area (Å²) in [4.78, 5) is 11.3. The van der Waals surface area contributed by atoms with Crippen LogP contribution in [-0.2, 0) is 19.6 Å². The standard InChI is InChI=1S/C10H21NO4S/c1-5-7-11(8-10(12)15-6-2)16(13,14)9(3)4/h9H,5-8H2,1-4H3. The van der Waals surface area contributed by atoms with Gasteiger partial charge in [-0.1, -0.05) is 6.92 Å². The first-order chi connectivity index (χ1) is 7.36. The second-order valence-electron chi connectivity index (χ2n) is 3.73. The van der Waals surface area contributed by atoms with Crippen LogP contribution in [0.15, 0.2) is 0 Å². The lowest BCUT2D eigenvalue weighted by Crippen LogP contribution is -2.40. The number of sulfonamides is 1. The van der Waals surface area contributed by atoms with Crippen LogP contribution >= 0.6 is 0 Å². The molecule has 6 heteroatoms. The van der Waals surface area contributed by atoms with Crippen LogP contribution < -0.4 is 0 Å². The van der Waals surface area contributed by atoms with E-state index in [9.17, 15) is 13.2 Å². The largest absolute Gasteiger partial charge is 0.465 e. The SMILES string of the molecule is CCCN(CC(=O)OCC)S(=O)(=O)C(C)C. The zero-order valence-corrected chi connectivity index (χ0v) is 11.2. The molecule has 0 N–H and O–H groups in total. The van der Waals surface area contributed by atoms with Gasteiger partial charge in [0.25, 0.3) is 0 Å². The zero-order chi connectivity index (χ0) is 12.8. The molecule has 96 valence electrons. The molecule has 0 aromatic rings. The zero-order valence-electron chi connectivity index (χ0n) is 10.4. The Bertz CT molecular complexity index is 311. The van der Waals surface area contributed by atoms with Crippen molar-refractivity contribution in [1.29, 1.82) is 0 Å². The van der Waals surface area contributed by atoms with Crippen molar-refractivity contribution in [1.82, 2.24) is 4.31 Å². The van der Waals surface area contributed by atoms with E-state index in [1.165, 1.54) is 4.31 Å². The van der Waals surface area contributed by atoms with E-state index >= 15 is 0 Å². The third kappa shape index (κ3) is 4.49. The number of carbonyl (C=O) groups is 1. The highest BCUT2D eigenvalue weighted by molar-refractivity contribution is 7.89. The lowest BCUT2D eigenvalue weighted by molar-refractivity contribution is -0.143. The van der Waals surface area contributed by atoms with E-state index in [2.05, 4.69) is 0 Å². The fourth-order valence-corrected chi connectivity index (χ4v) is 2.51. The lowest BCUT2D eigenvalue weighted by Gasteiger charge is -2.22. The van der Waals surface area contributed by atoms with Crippen LogP contribution in [-0.4, -0.2) is 43.6 Å². The molecule has 0 aliphatic carbocycles. The molecule has 0 fully saturated rings. The average Bonchev–Trinajstić information content (AvgIpc) is 2.17. The Balaban J connectivity index is 4.68. The number of esters is 1. The molecule has 16 heavy (non-hydrogen) atoms. The summed E-state index contributed by atoms with van der Waals surface area (Å²) in [5.41, 5.74) is 0. The summed E-state index contributed by atoms with van der Waals surface area (Å²) in [5.74, 6) is -0.500. The Hall–Kier alpha value is -0.620. The summed E-state index contributed by atoms with van der Waals surface area (Å²) in [7, 11) is -3.38. The van der Waals surface area contributed by atoms with E-state index in [-0.39, 0.29) is 13.2 Å². The van der Waals surface area contributed by atoms with Crippen molar-refractivity contribution in [2.75, 3.05) is 19.7 Å². The van der Waals surface area contributed by atoms with Crippen LogP contribution in [0.1, 0.15) is 34.1 Å². The summed E-state index contributed by atoms with van der Waals surface area (Å²) < 4.78 is 29.7. The Labute approximate surface area is 97.8 Å². The first-order valence-electron chi connectivity index (χ1n) is 5.50. The summed E-state index contributed by atoms with van der Waals surface area (Å²) in [6.07, 6.45) is 0.672. The van der Waals surface area contributed by atoms with Crippen molar-refractivity contribution in [3.05, 3.63) is 0 Å². The summed E-state index contributed by atoms with van der Waals surface area (Å²) in [5, 5.41) is -0.520. The van der Waals surface area contributed by atoms with Crippen LogP contribution in [0.5, 0.6) is 0 Å². The molecule has 0 spiro atoms. The van der Waals surface area contributed by atoms with Gasteiger partial charge < -0.3 is 4.74 Å². The molecule has 0 unspecified atom stereocenters. The highest BCUT2D eigenvalue weighted by Crippen LogP contribution is 2.09. The molecular weight excluding hydrogens is 230 g/mol. The van der Waals surface area contributed by atoms with Crippen molar-refractivity contribution in [3.63, 3.8) is 0 Å². The third-order valence-corrected chi connectivity index (χ3v) is 4.26. The summed E-state index contributed by atoms with van der Waals surface area (Å²) in [6, 6.07) is 0. The molecular formula is C10H21NO4S. The molecule has 0 saturated heterocycles. The molecule has 0 rings (SSSR count). The molecule has 0 aliphatic rings. The quantitative estimate of drug-likeness (QED) is 0.633. The van der Waals surface area contributed by atoms with Gasteiger partial charge in [-0.25, -0.2) is 8.42 Å². The van der Waals surface area contributed by atoms with Crippen LogP contribution in [0, 0.1) is 0 Å². The van der Waals surface area contributed by atoms with Crippen molar-refractivity contribution in [2.24, 2.45) is 0 Å². The maximum Gasteiger partial charge on any atom is 0.321 e. The number of carbonyl (C=O) groups excluding carboxylic acids is 1. The van der Waals surface area contributed by atoms with Gasteiger partial charge in [-0.2, -0.15) is 4.31 Å². The van der Waals surface area contributed by atoms with Crippen molar-refractivity contribution in [2.45, 2.75) is 39.4 Å². The summed E-state index contributed by atoms with van der Waals surface area (Å²) >= 11 is 0. The fraction of sp³-hybridized carbons (Fsp3) is 0.900. The normalized spacial score (nSPS) is 12.1. The molecule has 0 saturated carbocycles. The minimum Gasteiger partial charge on any atom is -0.465 e. The number of ether oxygens (including phenoxy) is 1. The smallest absolute Gasteiger partial charge is 0.321 e. The molecule has 0 radical (unpaired) electrons. The van der Waals surface area contributed by atoms with E-state index in [4.69, 9.17) is 4.74 Å². The van der Waals surface area contributed by atoms with E-state index in [1.54, 1.807) is 20.8 Å². The molecule has 0 bridgehead atoms. The van der Waals surface area contributed by atoms with Gasteiger partial charge in [-0.15, -0.1) is 0 Å². The van der Waals surface area contributed by atoms with Crippen LogP contribution in [0.25, 0.3) is 0 Å². The van der Waals surface area contributed by atoms with Crippen molar-refractivity contribution in [3.8, 4) is 0 Å². The van der Waals surface area contributed by atoms with Crippen LogP contribution in [0.4, 0.5) is 0 Å². The number of hydrogen-bond donors (Lipinski definition) is 0. The highest BCUT2D eigenvalue weighted by Gasteiger charge is 2.27. The second-order valence-corrected chi connectivity index (χ2v) is 6.22. The minimum absolute atomic E-state index is 0.192. The Morgan fingerprint density at radius 2 is 1.88 bits per heavy atom. The first kappa shape index (κ1) is 15.4. The van der Waals surface area contributed by atoms with Gasteiger partial charge >= 0.3 is 5.97 Å². The minimum atomic E-state index is -3.38. The van der Waals surface area contributed by atoms with Gasteiger partial charge in [0.15, 0.2) is 0 Å². The number of nitrogens with zero attached hydrogens (tertiary/aromatic N) is 1. The van der Waals surface area contributed by atoms with Gasteiger partial charge in [0.2, 0.25) is 10.0 Å². The van der Waals surface area contributed by atoms with Crippen LogP contribution in [0.2, 0.25) is 0 Å². The Morgan fingerprint density at radius 3 is 2.25 bits per heavy atom. The van der Waals surface area contributed by atoms with E-state index in [0.29, 0.717) is 13.0 Å². The van der Waals surface area contributed by atoms with E-state index < -0.39 is 21.2 Å². The Kier molecular flexibility index (Phi) is 6.59. The monoisotopic (exact) mass is 251 g/mol. The number of hydrogen-bond acceptors (Lipinski definition) is 4. The van der Waals surface area contributed by atoms with Crippen molar-refractivity contribution < 1.29 is 17.9 Å². The van der Waals surface area contributed by atoms with Crippen molar-refractivity contribution >= 4 is 16.0 Å². The fourth-order valence-electron chi connectivity index (χ4n) is 1.19. The van der Waals surface area contributed by atoms with Gasteiger partial charge in [-0.05, 0) is 27.2 Å². The van der Waals surface area contributed by atoms with Gasteiger partial charge in [0.05, 0.1) is 11.9 Å². The molecule has 5 nitrogen and oxygen atoms in total. The summed E-state index contributed by atoms with van der Waals surface area (Å²) in [6.45, 7) is 7.18. The molecule has 0 amide bonds. The first-order valence-corrected chi connectivity index (χ1v) is 7.01.